The molecule has 4 fully saturated rings. The van der Waals surface area contributed by atoms with E-state index in [0.717, 1.165) is 70.5 Å². The van der Waals surface area contributed by atoms with Crippen LogP contribution in [0, 0.1) is 23.7 Å². The zero-order valence-electron chi connectivity index (χ0n) is 23.4. The number of carbonyl (C=O) groups is 1. The van der Waals surface area contributed by atoms with E-state index in [1.54, 1.807) is 7.11 Å². The normalized spacial score (nSPS) is 24.5. The van der Waals surface area contributed by atoms with Crippen LogP contribution in [0.5, 0.6) is 5.75 Å². The Morgan fingerprint density at radius 2 is 2.02 bits per heavy atom. The fourth-order valence-corrected chi connectivity index (χ4v) is 7.97. The third-order valence-electron chi connectivity index (χ3n) is 10.2. The Morgan fingerprint density at radius 1 is 1.12 bits per heavy atom. The summed E-state index contributed by atoms with van der Waals surface area (Å²) >= 11 is 0. The average Bonchev–Trinajstić information content (AvgIpc) is 3.43. The number of hydrogen-bond acceptors (Lipinski definition) is 5. The molecule has 0 spiro atoms. The van der Waals surface area contributed by atoms with E-state index in [1.807, 2.05) is 48.5 Å². The van der Waals surface area contributed by atoms with Crippen LogP contribution in [-0.2, 0) is 20.1 Å². The Kier molecular flexibility index (Phi) is 4.85. The van der Waals surface area contributed by atoms with E-state index in [2.05, 4.69) is 31.3 Å². The van der Waals surface area contributed by atoms with Gasteiger partial charge in [-0.15, -0.1) is 0 Å². The summed E-state index contributed by atoms with van der Waals surface area (Å²) in [7, 11) is 3.62. The standard InChI is InChI=1S/C32H33N7O2/c1-36-14-19(13-34-36)16-39-29-24(35-31(39)26-10-20-4-3-7-33-30(20)37(26)15-18-5-6-18)9-22(12-27(29)41-2)32(40)38-17-23-8-21-11-25(38)28(21)23/h3-4,7,9-10,12-14,18,21,23,25,28H,5-6,8,11,15-17H2,1-2H3/t21?,23?,25?,28-/m1/s1. The first-order chi connectivity index (χ1) is 20.1. The quantitative estimate of drug-likeness (QED) is 0.294. The molecule has 1 amide bonds. The van der Waals surface area contributed by atoms with Crippen molar-refractivity contribution in [1.29, 1.82) is 0 Å². The number of aromatic nitrogens is 6. The third-order valence-corrected chi connectivity index (χ3v) is 10.2. The molecule has 5 aromatic rings. The second-order valence-electron chi connectivity index (χ2n) is 12.7. The zero-order valence-corrected chi connectivity index (χ0v) is 23.4. The van der Waals surface area contributed by atoms with Gasteiger partial charge in [0.05, 0.1) is 31.1 Å². The van der Waals surface area contributed by atoms with Crippen LogP contribution in [0.4, 0.5) is 0 Å². The number of amides is 1. The molecule has 1 saturated heterocycles. The molecule has 1 aliphatic heterocycles. The Bertz CT molecular complexity index is 1860. The summed E-state index contributed by atoms with van der Waals surface area (Å²) in [4.78, 5) is 26.0. The number of imidazole rings is 1. The minimum absolute atomic E-state index is 0.110. The summed E-state index contributed by atoms with van der Waals surface area (Å²) in [6, 6.07) is 10.6. The monoisotopic (exact) mass is 547 g/mol. The van der Waals surface area contributed by atoms with Crippen molar-refractivity contribution in [3.05, 3.63) is 60.0 Å². The van der Waals surface area contributed by atoms with Gasteiger partial charge in [0, 0.05) is 55.1 Å². The number of likely N-dealkylation sites (tertiary alicyclic amines) is 1. The van der Waals surface area contributed by atoms with E-state index in [9.17, 15) is 4.79 Å². The van der Waals surface area contributed by atoms with Gasteiger partial charge in [-0.1, -0.05) is 0 Å². The summed E-state index contributed by atoms with van der Waals surface area (Å²) in [6.45, 7) is 2.40. The smallest absolute Gasteiger partial charge is 0.254 e. The summed E-state index contributed by atoms with van der Waals surface area (Å²) in [5.74, 6) is 4.58. The van der Waals surface area contributed by atoms with Crippen LogP contribution in [0.3, 0.4) is 0 Å². The largest absolute Gasteiger partial charge is 0.494 e. The molecule has 41 heavy (non-hydrogen) atoms. The van der Waals surface area contributed by atoms with Crippen LogP contribution in [0.1, 0.15) is 41.6 Å². The fourth-order valence-electron chi connectivity index (χ4n) is 7.97. The van der Waals surface area contributed by atoms with Gasteiger partial charge < -0.3 is 18.8 Å². The van der Waals surface area contributed by atoms with Crippen LogP contribution in [0.15, 0.2) is 48.9 Å². The van der Waals surface area contributed by atoms with E-state index in [1.165, 1.54) is 19.3 Å². The Morgan fingerprint density at radius 3 is 2.78 bits per heavy atom. The lowest BCUT2D eigenvalue weighted by atomic mass is 9.53. The van der Waals surface area contributed by atoms with Crippen molar-refractivity contribution in [1.82, 2.24) is 33.8 Å². The lowest BCUT2D eigenvalue weighted by molar-refractivity contribution is -0.0204. The second-order valence-corrected chi connectivity index (χ2v) is 12.7. The number of carbonyl (C=O) groups excluding carboxylic acids is 1. The molecule has 9 nitrogen and oxygen atoms in total. The molecule has 208 valence electrons. The van der Waals surface area contributed by atoms with E-state index in [-0.39, 0.29) is 5.91 Å². The van der Waals surface area contributed by atoms with Crippen LogP contribution in [0.25, 0.3) is 33.6 Å². The summed E-state index contributed by atoms with van der Waals surface area (Å²) in [6.07, 6.45) is 10.7. The van der Waals surface area contributed by atoms with Gasteiger partial charge in [-0.25, -0.2) is 9.97 Å². The van der Waals surface area contributed by atoms with Crippen molar-refractivity contribution in [3.8, 4) is 17.3 Å². The van der Waals surface area contributed by atoms with Crippen molar-refractivity contribution < 1.29 is 9.53 Å². The van der Waals surface area contributed by atoms with Gasteiger partial charge in [0.15, 0.2) is 5.82 Å². The van der Waals surface area contributed by atoms with E-state index < -0.39 is 0 Å². The van der Waals surface area contributed by atoms with Crippen molar-refractivity contribution in [2.24, 2.45) is 30.7 Å². The van der Waals surface area contributed by atoms with Crippen LogP contribution in [-0.4, -0.2) is 59.4 Å². The third kappa shape index (κ3) is 3.47. The highest BCUT2D eigenvalue weighted by molar-refractivity contribution is 6.00. The Labute approximate surface area is 237 Å². The Hall–Kier alpha value is -4.14. The molecule has 4 aromatic heterocycles. The molecule has 3 saturated carbocycles. The number of hydrogen-bond donors (Lipinski definition) is 0. The predicted molar refractivity (Wildman–Crippen MR) is 155 cm³/mol. The Balaban J connectivity index is 1.22. The van der Waals surface area contributed by atoms with Crippen LogP contribution < -0.4 is 4.74 Å². The summed E-state index contributed by atoms with van der Waals surface area (Å²) < 4.78 is 12.4. The topological polar surface area (TPSA) is 83.0 Å². The maximum absolute atomic E-state index is 13.9. The predicted octanol–water partition coefficient (Wildman–Crippen LogP) is 4.73. The number of methoxy groups -OCH3 is 1. The molecule has 9 heteroatoms. The lowest BCUT2D eigenvalue weighted by Crippen LogP contribution is -2.53. The highest BCUT2D eigenvalue weighted by Crippen LogP contribution is 2.60. The number of benzene rings is 1. The number of rotatable bonds is 7. The number of fused-ring (bicyclic) bond motifs is 2. The van der Waals surface area contributed by atoms with E-state index in [4.69, 9.17) is 14.7 Å². The number of aryl methyl sites for hydroxylation is 1. The summed E-state index contributed by atoms with van der Waals surface area (Å²) in [5.41, 5.74) is 5.43. The molecule has 9 rings (SSSR count). The first-order valence-corrected chi connectivity index (χ1v) is 14.9. The minimum Gasteiger partial charge on any atom is -0.494 e. The van der Waals surface area contributed by atoms with Crippen LogP contribution >= 0.6 is 0 Å². The highest BCUT2D eigenvalue weighted by atomic mass is 16.5. The lowest BCUT2D eigenvalue weighted by Gasteiger charge is -2.52. The van der Waals surface area contributed by atoms with Gasteiger partial charge in [-0.2, -0.15) is 5.10 Å². The maximum atomic E-state index is 13.9. The van der Waals surface area contributed by atoms with Crippen molar-refractivity contribution >= 4 is 28.0 Å². The first kappa shape index (κ1) is 23.6. The number of nitrogens with zero attached hydrogens (tertiary/aromatic N) is 7. The van der Waals surface area contributed by atoms with Crippen molar-refractivity contribution in [2.75, 3.05) is 13.7 Å². The maximum Gasteiger partial charge on any atom is 0.254 e. The summed E-state index contributed by atoms with van der Waals surface area (Å²) in [5, 5.41) is 5.52. The molecule has 3 unspecified atom stereocenters. The van der Waals surface area contributed by atoms with Gasteiger partial charge in [-0.05, 0) is 79.7 Å². The molecule has 4 aliphatic rings. The second kappa shape index (κ2) is 8.44. The van der Waals surface area contributed by atoms with Crippen molar-refractivity contribution in [3.63, 3.8) is 0 Å². The molecule has 3 aliphatic carbocycles. The van der Waals surface area contributed by atoms with E-state index in [0.29, 0.717) is 35.7 Å². The molecular formula is C32H33N7O2. The molecule has 0 radical (unpaired) electrons. The number of pyridine rings is 1. The molecule has 5 heterocycles. The zero-order chi connectivity index (χ0) is 27.4. The SMILES string of the molecule is COc1cc(C(=O)N2CC3CC4CC2[C@H]43)cc2nc(-c3cc4cccnc4n3CC3CC3)n(Cc3cnn(C)c3)c12. The van der Waals surface area contributed by atoms with Crippen molar-refractivity contribution in [2.45, 2.75) is 44.8 Å². The van der Waals surface area contributed by atoms with Gasteiger partial charge in [0.2, 0.25) is 0 Å². The van der Waals surface area contributed by atoms with Gasteiger partial charge in [-0.3, -0.25) is 9.48 Å². The van der Waals surface area contributed by atoms with Crippen LogP contribution in [0.2, 0.25) is 0 Å². The molecule has 0 bridgehead atoms. The van der Waals surface area contributed by atoms with Gasteiger partial charge in [0.1, 0.15) is 16.9 Å². The molecule has 0 N–H and O–H groups in total. The van der Waals surface area contributed by atoms with E-state index >= 15 is 0 Å². The molecule has 4 atom stereocenters. The fraction of sp³-hybridized carbons (Fsp3) is 0.438. The molecular weight excluding hydrogens is 514 g/mol. The highest BCUT2D eigenvalue weighted by Gasteiger charge is 2.61. The molecule has 1 aromatic carbocycles. The average molecular weight is 548 g/mol. The first-order valence-electron chi connectivity index (χ1n) is 14.9. The minimum atomic E-state index is 0.110. The van der Waals surface area contributed by atoms with Gasteiger partial charge in [0.25, 0.3) is 5.91 Å². The number of ether oxygens (including phenoxy) is 1. The van der Waals surface area contributed by atoms with Gasteiger partial charge >= 0.3 is 0 Å².